The van der Waals surface area contributed by atoms with Crippen LogP contribution in [0.4, 0.5) is 0 Å². The molecule has 0 aliphatic rings. The molecule has 0 radical (unpaired) electrons. The number of esters is 1. The number of carbonyl (C=O) groups excluding carboxylic acids is 1. The van der Waals surface area contributed by atoms with Gasteiger partial charge in [0.2, 0.25) is 0 Å². The van der Waals surface area contributed by atoms with Gasteiger partial charge in [-0.25, -0.2) is 0 Å². The van der Waals surface area contributed by atoms with Crippen molar-refractivity contribution in [3.8, 4) is 0 Å². The molecule has 0 bridgehead atoms. The molecule has 0 spiro atoms. The Morgan fingerprint density at radius 2 is 2.33 bits per heavy atom. The van der Waals surface area contributed by atoms with Gasteiger partial charge in [0, 0.05) is 14.3 Å². The Kier molecular flexibility index (Phi) is 4.15. The van der Waals surface area contributed by atoms with Gasteiger partial charge in [-0.3, -0.25) is 4.79 Å². The maximum absolute atomic E-state index is 11.2. The maximum Gasteiger partial charge on any atom is 0.311 e. The zero-order valence-corrected chi connectivity index (χ0v) is 7.57. The lowest BCUT2D eigenvalue weighted by atomic mass is 9.94. The van der Waals surface area contributed by atoms with Gasteiger partial charge in [0.15, 0.2) is 0 Å². The topological polar surface area (TPSA) is 75.1 Å². The molecule has 0 atom stereocenters. The van der Waals surface area contributed by atoms with Gasteiger partial charge in [-0.1, -0.05) is 5.11 Å². The Morgan fingerprint density at radius 3 is 2.75 bits per heavy atom. The molecular formula is C7H17N3O2. The van der Waals surface area contributed by atoms with E-state index in [4.69, 9.17) is 10.3 Å². The molecule has 0 unspecified atom stereocenters. The number of carbonyl (C=O) groups is 1. The van der Waals surface area contributed by atoms with E-state index in [2.05, 4.69) is 10.0 Å². The molecule has 0 heterocycles. The van der Waals surface area contributed by atoms with Crippen molar-refractivity contribution in [2.45, 2.75) is 20.8 Å². The van der Waals surface area contributed by atoms with Gasteiger partial charge in [-0.2, -0.15) is 0 Å². The van der Waals surface area contributed by atoms with E-state index in [0.717, 1.165) is 0 Å². The Labute approximate surface area is 74.3 Å². The van der Waals surface area contributed by atoms with Crippen LogP contribution in [0.25, 0.3) is 10.4 Å². The molecule has 0 aromatic rings. The number of nitrogens with zero attached hydrogens (tertiary/aromatic N) is 3. The summed E-state index contributed by atoms with van der Waals surface area (Å²) in [5.74, 6) is -0.336. The zero-order chi connectivity index (χ0) is 9.61. The van der Waals surface area contributed by atoms with Crippen molar-refractivity contribution < 1.29 is 12.4 Å². The van der Waals surface area contributed by atoms with E-state index in [-0.39, 0.29) is 15.4 Å². The van der Waals surface area contributed by atoms with E-state index in [1.165, 1.54) is 0 Å². The van der Waals surface area contributed by atoms with Gasteiger partial charge in [0.25, 0.3) is 0 Å². The number of rotatable bonds is 4. The Balaban J connectivity index is -0.000000605. The summed E-state index contributed by atoms with van der Waals surface area (Å²) in [4.78, 5) is 13.7. The lowest BCUT2D eigenvalue weighted by Crippen LogP contribution is -2.29. The Morgan fingerprint density at radius 1 is 1.75 bits per heavy atom. The Bertz CT molecular complexity index is 215. The second-order valence-electron chi connectivity index (χ2n) is 2.99. The van der Waals surface area contributed by atoms with E-state index in [1.807, 2.05) is 0 Å². The van der Waals surface area contributed by atoms with Crippen LogP contribution in [0.3, 0.4) is 0 Å². The maximum atomic E-state index is 11.2. The van der Waals surface area contributed by atoms with E-state index in [1.54, 1.807) is 20.8 Å². The van der Waals surface area contributed by atoms with Gasteiger partial charge in [-0.05, 0) is 26.3 Å². The minimum atomic E-state index is -0.720. The smallest absolute Gasteiger partial charge is 0.311 e. The first kappa shape index (κ1) is 10.8. The van der Waals surface area contributed by atoms with Crippen LogP contribution >= 0.6 is 0 Å². The van der Waals surface area contributed by atoms with Crippen LogP contribution < -0.4 is 0 Å². The van der Waals surface area contributed by atoms with Crippen LogP contribution in [0.15, 0.2) is 5.11 Å². The molecule has 12 heavy (non-hydrogen) atoms. The van der Waals surface area contributed by atoms with Crippen molar-refractivity contribution in [1.29, 1.82) is 0 Å². The number of hydrogen-bond donors (Lipinski definition) is 0. The molecule has 0 saturated heterocycles. The highest BCUT2D eigenvalue weighted by atomic mass is 16.5. The summed E-state index contributed by atoms with van der Waals surface area (Å²) in [6.45, 7) is 5.57. The summed E-state index contributed by atoms with van der Waals surface area (Å²) in [5, 5.41) is 3.33. The van der Waals surface area contributed by atoms with Gasteiger partial charge in [-0.15, -0.1) is 0 Å². The van der Waals surface area contributed by atoms with Gasteiger partial charge in [0.1, 0.15) is 0 Å². The summed E-state index contributed by atoms with van der Waals surface area (Å²) >= 11 is 0. The molecule has 0 amide bonds. The summed E-state index contributed by atoms with van der Waals surface area (Å²) in [5.41, 5.74) is 7.33. The minimum Gasteiger partial charge on any atom is -0.466 e. The third-order valence-electron chi connectivity index (χ3n) is 1.36. The van der Waals surface area contributed by atoms with Crippen LogP contribution in [0.2, 0.25) is 0 Å². The molecular weight excluding hydrogens is 158 g/mol. The van der Waals surface area contributed by atoms with Crippen molar-refractivity contribution in [2.24, 2.45) is 10.5 Å². The minimum absolute atomic E-state index is 0. The second-order valence-corrected chi connectivity index (χ2v) is 2.99. The zero-order valence-electron chi connectivity index (χ0n) is 7.57. The molecule has 5 heteroatoms. The molecule has 0 aromatic heterocycles. The van der Waals surface area contributed by atoms with E-state index >= 15 is 0 Å². The fourth-order valence-corrected chi connectivity index (χ4v) is 0.599. The standard InChI is InChI=1S/C7H13N3O2.2H2/c1-4-12-6(11)7(2,3)5-9-10-8;;/h4-5H2,1-3H3;2*1H. The van der Waals surface area contributed by atoms with Gasteiger partial charge >= 0.3 is 5.97 Å². The average Bonchev–Trinajstić information content (AvgIpc) is 2.01. The highest BCUT2D eigenvalue weighted by Crippen LogP contribution is 2.17. The summed E-state index contributed by atoms with van der Waals surface area (Å²) in [6, 6.07) is 0. The SMILES string of the molecule is CCOC(=O)C(C)(C)CN=[N+]=[N-].[HH].[HH]. The van der Waals surface area contributed by atoms with Crippen molar-refractivity contribution in [3.63, 3.8) is 0 Å². The largest absolute Gasteiger partial charge is 0.466 e. The molecule has 0 aliphatic heterocycles. The van der Waals surface area contributed by atoms with Crippen LogP contribution in [0.1, 0.15) is 23.6 Å². The summed E-state index contributed by atoms with van der Waals surface area (Å²) < 4.78 is 4.78. The van der Waals surface area contributed by atoms with E-state index < -0.39 is 5.41 Å². The first-order valence-corrected chi connectivity index (χ1v) is 3.72. The van der Waals surface area contributed by atoms with Crippen molar-refractivity contribution in [3.05, 3.63) is 10.4 Å². The monoisotopic (exact) mass is 175 g/mol. The van der Waals surface area contributed by atoms with Crippen LogP contribution in [-0.2, 0) is 9.53 Å². The third-order valence-corrected chi connectivity index (χ3v) is 1.36. The first-order chi connectivity index (χ1) is 5.54. The predicted molar refractivity (Wildman–Crippen MR) is 48.7 cm³/mol. The number of ether oxygens (including phenoxy) is 1. The summed E-state index contributed by atoms with van der Waals surface area (Å²) in [6.07, 6.45) is 0. The van der Waals surface area contributed by atoms with E-state index in [9.17, 15) is 4.79 Å². The van der Waals surface area contributed by atoms with Crippen LogP contribution in [0.5, 0.6) is 0 Å². The van der Waals surface area contributed by atoms with Crippen LogP contribution in [0, 0.1) is 5.41 Å². The average molecular weight is 175 g/mol. The summed E-state index contributed by atoms with van der Waals surface area (Å²) in [7, 11) is 0. The highest BCUT2D eigenvalue weighted by molar-refractivity contribution is 5.76. The van der Waals surface area contributed by atoms with Crippen molar-refractivity contribution in [1.82, 2.24) is 0 Å². The Hall–Kier alpha value is -1.22. The molecule has 0 N–H and O–H groups in total. The predicted octanol–water partition coefficient (Wildman–Crippen LogP) is 2.38. The molecule has 0 aliphatic carbocycles. The lowest BCUT2D eigenvalue weighted by Gasteiger charge is -2.18. The fraction of sp³-hybridized carbons (Fsp3) is 0.857. The molecule has 72 valence electrons. The third kappa shape index (κ3) is 3.25. The second kappa shape index (κ2) is 4.62. The molecule has 0 fully saturated rings. The normalized spacial score (nSPS) is 10.2. The van der Waals surface area contributed by atoms with Crippen molar-refractivity contribution in [2.75, 3.05) is 13.2 Å². The quantitative estimate of drug-likeness (QED) is 0.284. The van der Waals surface area contributed by atoms with Crippen molar-refractivity contribution >= 4 is 5.97 Å². The molecule has 0 saturated carbocycles. The highest BCUT2D eigenvalue weighted by Gasteiger charge is 2.27. The van der Waals surface area contributed by atoms with Gasteiger partial charge in [0.05, 0.1) is 12.0 Å². The van der Waals surface area contributed by atoms with Crippen LogP contribution in [-0.4, -0.2) is 19.1 Å². The molecule has 0 aromatic carbocycles. The number of azide groups is 1. The molecule has 0 rings (SSSR count). The first-order valence-electron chi connectivity index (χ1n) is 3.72. The lowest BCUT2D eigenvalue weighted by molar-refractivity contribution is -0.152. The number of hydrogen-bond acceptors (Lipinski definition) is 3. The fourth-order valence-electron chi connectivity index (χ4n) is 0.599. The van der Waals surface area contributed by atoms with Gasteiger partial charge < -0.3 is 4.74 Å². The molecule has 5 nitrogen and oxygen atoms in total. The van der Waals surface area contributed by atoms with E-state index in [0.29, 0.717) is 6.61 Å².